The van der Waals surface area contributed by atoms with Crippen molar-refractivity contribution in [1.82, 2.24) is 4.90 Å². The molecular weight excluding hydrogens is 349 g/mol. The summed E-state index contributed by atoms with van der Waals surface area (Å²) in [7, 11) is 0. The predicted octanol–water partition coefficient (Wildman–Crippen LogP) is 5.25. The van der Waals surface area contributed by atoms with Gasteiger partial charge in [-0.1, -0.05) is 11.6 Å². The van der Waals surface area contributed by atoms with E-state index in [1.807, 2.05) is 4.90 Å². The van der Waals surface area contributed by atoms with Gasteiger partial charge < -0.3 is 9.80 Å². The molecule has 0 bridgehead atoms. The maximum atomic E-state index is 13.7. The van der Waals surface area contributed by atoms with Gasteiger partial charge in [-0.05, 0) is 75.7 Å². The molecule has 2 nitrogen and oxygen atoms in total. The molecule has 136 valence electrons. The standard InChI is InChI=1S/C19H22ClF3N2/c20-16-12-14(4-6-17(16)21)25(11-3-10-24-8-1-2-9-24)15-5-7-18(22)19(23)13-15/h4,6-7,12-13,15H,1-3,5,8-11H2. The summed E-state index contributed by atoms with van der Waals surface area (Å²) in [4.78, 5) is 4.39. The largest absolute Gasteiger partial charge is 0.365 e. The van der Waals surface area contributed by atoms with Crippen LogP contribution in [-0.2, 0) is 0 Å². The lowest BCUT2D eigenvalue weighted by molar-refractivity contribution is 0.333. The minimum atomic E-state index is -0.839. The van der Waals surface area contributed by atoms with Crippen molar-refractivity contribution in [1.29, 1.82) is 0 Å². The Labute approximate surface area is 151 Å². The Morgan fingerprint density at radius 1 is 1.12 bits per heavy atom. The summed E-state index contributed by atoms with van der Waals surface area (Å²) in [5.41, 5.74) is 0.720. The molecule has 1 saturated heterocycles. The molecule has 1 unspecified atom stereocenters. The normalized spacial score (nSPS) is 21.2. The van der Waals surface area contributed by atoms with Crippen molar-refractivity contribution < 1.29 is 13.2 Å². The van der Waals surface area contributed by atoms with Gasteiger partial charge in [-0.25, -0.2) is 13.2 Å². The van der Waals surface area contributed by atoms with Crippen LogP contribution in [0.1, 0.15) is 25.7 Å². The van der Waals surface area contributed by atoms with E-state index < -0.39 is 17.5 Å². The van der Waals surface area contributed by atoms with Crippen LogP contribution < -0.4 is 4.90 Å². The molecule has 2 aliphatic rings. The molecular formula is C19H22ClF3N2. The van der Waals surface area contributed by atoms with Gasteiger partial charge in [0.25, 0.3) is 0 Å². The smallest absolute Gasteiger partial charge is 0.156 e. The second kappa shape index (κ2) is 8.28. The maximum Gasteiger partial charge on any atom is 0.156 e. The summed E-state index contributed by atoms with van der Waals surface area (Å²) in [6.45, 7) is 3.87. The Morgan fingerprint density at radius 3 is 2.56 bits per heavy atom. The van der Waals surface area contributed by atoms with Gasteiger partial charge in [0.15, 0.2) is 11.7 Å². The molecule has 1 aliphatic carbocycles. The lowest BCUT2D eigenvalue weighted by atomic mass is 10.0. The fourth-order valence-electron chi connectivity index (χ4n) is 3.48. The van der Waals surface area contributed by atoms with Crippen LogP contribution in [0.4, 0.5) is 18.9 Å². The van der Waals surface area contributed by atoms with Crippen LogP contribution >= 0.6 is 11.6 Å². The molecule has 0 amide bonds. The first kappa shape index (κ1) is 18.3. The van der Waals surface area contributed by atoms with E-state index in [-0.39, 0.29) is 11.1 Å². The summed E-state index contributed by atoms with van der Waals surface area (Å²) in [6.07, 6.45) is 6.29. The summed E-state index contributed by atoms with van der Waals surface area (Å²) in [6, 6.07) is 4.19. The zero-order valence-electron chi connectivity index (χ0n) is 14.0. The zero-order valence-corrected chi connectivity index (χ0v) is 14.8. The van der Waals surface area contributed by atoms with Crippen LogP contribution in [0.2, 0.25) is 5.02 Å². The zero-order chi connectivity index (χ0) is 17.8. The number of nitrogens with zero attached hydrogens (tertiary/aromatic N) is 2. The molecule has 0 saturated carbocycles. The van der Waals surface area contributed by atoms with Crippen molar-refractivity contribution in [2.24, 2.45) is 0 Å². The van der Waals surface area contributed by atoms with Crippen LogP contribution in [0.15, 0.2) is 42.0 Å². The minimum Gasteiger partial charge on any atom is -0.365 e. The van der Waals surface area contributed by atoms with Gasteiger partial charge in [-0.2, -0.15) is 0 Å². The second-order valence-corrected chi connectivity index (χ2v) is 6.97. The van der Waals surface area contributed by atoms with Gasteiger partial charge in [0.05, 0.1) is 11.1 Å². The topological polar surface area (TPSA) is 6.48 Å². The molecule has 1 aliphatic heterocycles. The van der Waals surface area contributed by atoms with Crippen LogP contribution in [0.25, 0.3) is 0 Å². The molecule has 0 aromatic heterocycles. The monoisotopic (exact) mass is 370 g/mol. The summed E-state index contributed by atoms with van der Waals surface area (Å²) >= 11 is 5.92. The maximum absolute atomic E-state index is 13.7. The molecule has 1 atom stereocenters. The average Bonchev–Trinajstić information content (AvgIpc) is 3.10. The van der Waals surface area contributed by atoms with Crippen LogP contribution in [0.3, 0.4) is 0 Å². The fraction of sp³-hybridized carbons (Fsp3) is 0.474. The van der Waals surface area contributed by atoms with Gasteiger partial charge in [0.2, 0.25) is 0 Å². The Bertz CT molecular complexity index is 669. The van der Waals surface area contributed by atoms with E-state index in [0.717, 1.165) is 31.7 Å². The summed E-state index contributed by atoms with van der Waals surface area (Å²) < 4.78 is 40.5. The molecule has 1 fully saturated rings. The van der Waals surface area contributed by atoms with Crippen molar-refractivity contribution in [2.75, 3.05) is 31.1 Å². The first-order chi connectivity index (χ1) is 12.0. The number of likely N-dealkylation sites (tertiary alicyclic amines) is 1. The summed E-state index contributed by atoms with van der Waals surface area (Å²) in [5, 5.41) is 0.0315. The molecule has 1 aromatic carbocycles. The molecule has 25 heavy (non-hydrogen) atoms. The third-order valence-electron chi connectivity index (χ3n) is 4.81. The summed E-state index contributed by atoms with van der Waals surface area (Å²) in [5.74, 6) is -2.14. The third-order valence-corrected chi connectivity index (χ3v) is 5.10. The number of hydrogen-bond donors (Lipinski definition) is 0. The highest BCUT2D eigenvalue weighted by Gasteiger charge is 2.23. The number of benzene rings is 1. The van der Waals surface area contributed by atoms with Crippen LogP contribution in [0, 0.1) is 5.82 Å². The first-order valence-electron chi connectivity index (χ1n) is 8.72. The van der Waals surface area contributed by atoms with Gasteiger partial charge in [0.1, 0.15) is 5.82 Å². The number of halogens is 4. The Balaban J connectivity index is 1.74. The Kier molecular flexibility index (Phi) is 6.07. The average molecular weight is 371 g/mol. The number of hydrogen-bond acceptors (Lipinski definition) is 2. The van der Waals surface area contributed by atoms with Gasteiger partial charge in [-0.3, -0.25) is 0 Å². The first-order valence-corrected chi connectivity index (χ1v) is 9.10. The van der Waals surface area contributed by atoms with E-state index in [2.05, 4.69) is 4.90 Å². The van der Waals surface area contributed by atoms with Crippen LogP contribution in [0.5, 0.6) is 0 Å². The van der Waals surface area contributed by atoms with Gasteiger partial charge in [0, 0.05) is 12.2 Å². The lowest BCUT2D eigenvalue weighted by Gasteiger charge is -2.33. The number of anilines is 1. The second-order valence-electron chi connectivity index (χ2n) is 6.56. The van der Waals surface area contributed by atoms with Gasteiger partial charge >= 0.3 is 0 Å². The third kappa shape index (κ3) is 4.59. The highest BCUT2D eigenvalue weighted by molar-refractivity contribution is 6.31. The lowest BCUT2D eigenvalue weighted by Crippen LogP contribution is -2.37. The molecule has 1 heterocycles. The molecule has 0 N–H and O–H groups in total. The van der Waals surface area contributed by atoms with E-state index in [9.17, 15) is 13.2 Å². The van der Waals surface area contributed by atoms with Crippen molar-refractivity contribution in [3.8, 4) is 0 Å². The fourth-order valence-corrected chi connectivity index (χ4v) is 3.65. The number of allylic oxidation sites excluding steroid dienone is 2. The highest BCUT2D eigenvalue weighted by atomic mass is 35.5. The minimum absolute atomic E-state index is 0.0315. The molecule has 0 radical (unpaired) electrons. The highest BCUT2D eigenvalue weighted by Crippen LogP contribution is 2.30. The Morgan fingerprint density at radius 2 is 1.88 bits per heavy atom. The van der Waals surface area contributed by atoms with Crippen molar-refractivity contribution in [3.05, 3.63) is 52.8 Å². The van der Waals surface area contributed by atoms with E-state index >= 15 is 0 Å². The SMILES string of the molecule is FC1=CCC(N(CCCN2CCCC2)c2ccc(F)c(Cl)c2)C=C1F. The Hall–Kier alpha value is -1.46. The predicted molar refractivity (Wildman–Crippen MR) is 95.8 cm³/mol. The molecule has 3 rings (SSSR count). The molecule has 0 spiro atoms. The van der Waals surface area contributed by atoms with Crippen molar-refractivity contribution >= 4 is 17.3 Å². The number of rotatable bonds is 6. The van der Waals surface area contributed by atoms with Crippen LogP contribution in [-0.4, -0.2) is 37.1 Å². The van der Waals surface area contributed by atoms with E-state index in [0.29, 0.717) is 13.0 Å². The molecule has 6 heteroatoms. The van der Waals surface area contributed by atoms with Crippen molar-refractivity contribution in [3.63, 3.8) is 0 Å². The van der Waals surface area contributed by atoms with E-state index in [1.165, 1.54) is 31.1 Å². The van der Waals surface area contributed by atoms with E-state index in [1.54, 1.807) is 12.1 Å². The molecule has 1 aromatic rings. The van der Waals surface area contributed by atoms with E-state index in [4.69, 9.17) is 11.6 Å². The quantitative estimate of drug-likeness (QED) is 0.674. The van der Waals surface area contributed by atoms with Gasteiger partial charge in [-0.15, -0.1) is 0 Å². The van der Waals surface area contributed by atoms with Crippen molar-refractivity contribution in [2.45, 2.75) is 31.7 Å².